The molecule has 1 aromatic carbocycles. The molecule has 21 heavy (non-hydrogen) atoms. The van der Waals surface area contributed by atoms with E-state index in [-0.39, 0.29) is 24.1 Å². The molecule has 1 aromatic heterocycles. The highest BCUT2D eigenvalue weighted by atomic mass is 35.5. The summed E-state index contributed by atoms with van der Waals surface area (Å²) >= 11 is 5.37. The van der Waals surface area contributed by atoms with Crippen LogP contribution in [0.1, 0.15) is 36.9 Å². The minimum atomic E-state index is -0.681. The second kappa shape index (κ2) is 5.10. The molecule has 3 rings (SSSR count). The van der Waals surface area contributed by atoms with Gasteiger partial charge < -0.3 is 0 Å². The number of hydrogen-bond donors (Lipinski definition) is 0. The molecule has 0 saturated heterocycles. The third kappa shape index (κ3) is 2.32. The van der Waals surface area contributed by atoms with Crippen LogP contribution in [0.2, 0.25) is 0 Å². The number of rotatable bonds is 3. The summed E-state index contributed by atoms with van der Waals surface area (Å²) < 4.78 is 0. The number of hydrogen-bond acceptors (Lipinski definition) is 4. The van der Waals surface area contributed by atoms with Crippen molar-refractivity contribution < 1.29 is 14.4 Å². The van der Waals surface area contributed by atoms with Crippen LogP contribution < -0.4 is 0 Å². The number of aromatic nitrogens is 1. The molecule has 2 aromatic rings. The number of nitrogens with zero attached hydrogens (tertiary/aromatic N) is 2. The molecule has 2 heterocycles. The summed E-state index contributed by atoms with van der Waals surface area (Å²) in [7, 11) is 0. The van der Waals surface area contributed by atoms with E-state index >= 15 is 0 Å². The van der Waals surface area contributed by atoms with E-state index in [1.807, 2.05) is 0 Å². The monoisotopic (exact) mass is 300 g/mol. The second-order valence-electron chi connectivity index (χ2n) is 4.53. The summed E-state index contributed by atoms with van der Waals surface area (Å²) in [5, 5.41) is -0.681. The Morgan fingerprint density at radius 2 is 1.62 bits per heavy atom. The molecule has 0 bridgehead atoms. The Morgan fingerprint density at radius 1 is 1.00 bits per heavy atom. The van der Waals surface area contributed by atoms with Crippen molar-refractivity contribution in [3.05, 3.63) is 65.0 Å². The number of benzene rings is 1. The first kappa shape index (κ1) is 13.5. The third-order valence-corrected chi connectivity index (χ3v) is 3.40. The van der Waals surface area contributed by atoms with Gasteiger partial charge in [-0.15, -0.1) is 0 Å². The van der Waals surface area contributed by atoms with Gasteiger partial charge in [0.05, 0.1) is 23.4 Å². The first-order chi connectivity index (χ1) is 10.1. The number of amides is 2. The summed E-state index contributed by atoms with van der Waals surface area (Å²) in [5.41, 5.74) is 1.28. The smallest absolute Gasteiger partial charge is 0.270 e. The van der Waals surface area contributed by atoms with E-state index in [2.05, 4.69) is 4.98 Å². The van der Waals surface area contributed by atoms with Gasteiger partial charge in [-0.3, -0.25) is 19.3 Å². The lowest BCUT2D eigenvalue weighted by Crippen LogP contribution is -2.29. The zero-order valence-corrected chi connectivity index (χ0v) is 11.5. The van der Waals surface area contributed by atoms with Gasteiger partial charge in [0.1, 0.15) is 5.69 Å². The number of fused-ring (bicyclic) bond motifs is 1. The first-order valence-corrected chi connectivity index (χ1v) is 6.56. The van der Waals surface area contributed by atoms with Crippen LogP contribution in [0.4, 0.5) is 0 Å². The van der Waals surface area contributed by atoms with E-state index < -0.39 is 5.24 Å². The van der Waals surface area contributed by atoms with Crippen molar-refractivity contribution in [1.82, 2.24) is 9.88 Å². The van der Waals surface area contributed by atoms with Gasteiger partial charge in [-0.05, 0) is 35.9 Å². The van der Waals surface area contributed by atoms with Crippen molar-refractivity contribution in [2.45, 2.75) is 6.54 Å². The van der Waals surface area contributed by atoms with E-state index in [0.717, 1.165) is 4.90 Å². The molecule has 0 aliphatic carbocycles. The molecule has 1 aliphatic heterocycles. The standard InChI is InChI=1S/C15H9ClN2O3/c16-13(19)12-7-3-4-9(17-12)8-18-14(20)10-5-1-2-6-11(10)15(18)21/h1-7H,8H2. The average molecular weight is 301 g/mol. The Bertz CT molecular complexity index is 738. The van der Waals surface area contributed by atoms with Crippen LogP contribution in [0.5, 0.6) is 0 Å². The van der Waals surface area contributed by atoms with Crippen molar-refractivity contribution >= 4 is 28.7 Å². The summed E-state index contributed by atoms with van der Waals surface area (Å²) in [6, 6.07) is 11.4. The van der Waals surface area contributed by atoms with Gasteiger partial charge in [0.2, 0.25) is 0 Å². The Kier molecular flexibility index (Phi) is 3.27. The molecular formula is C15H9ClN2O3. The molecule has 0 radical (unpaired) electrons. The van der Waals surface area contributed by atoms with Crippen LogP contribution in [0.15, 0.2) is 42.5 Å². The van der Waals surface area contributed by atoms with E-state index in [1.165, 1.54) is 6.07 Å². The minimum absolute atomic E-state index is 0.00432. The molecule has 0 N–H and O–H groups in total. The summed E-state index contributed by atoms with van der Waals surface area (Å²) in [6.45, 7) is 0.00432. The van der Waals surface area contributed by atoms with Gasteiger partial charge in [0.25, 0.3) is 17.1 Å². The lowest BCUT2D eigenvalue weighted by molar-refractivity contribution is 0.0640. The highest BCUT2D eigenvalue weighted by molar-refractivity contribution is 6.67. The van der Waals surface area contributed by atoms with Gasteiger partial charge in [-0.2, -0.15) is 0 Å². The van der Waals surface area contributed by atoms with Crippen LogP contribution in [0, 0.1) is 0 Å². The van der Waals surface area contributed by atoms with E-state index in [0.29, 0.717) is 16.8 Å². The number of imide groups is 1. The maximum Gasteiger partial charge on any atom is 0.270 e. The minimum Gasteiger partial charge on any atom is -0.274 e. The molecule has 6 heteroatoms. The zero-order valence-electron chi connectivity index (χ0n) is 10.7. The molecule has 0 spiro atoms. The van der Waals surface area contributed by atoms with E-state index in [4.69, 9.17) is 11.6 Å². The number of carbonyl (C=O) groups excluding carboxylic acids is 3. The van der Waals surface area contributed by atoms with Gasteiger partial charge >= 0.3 is 0 Å². The third-order valence-electron chi connectivity index (χ3n) is 3.21. The van der Waals surface area contributed by atoms with Crippen LogP contribution >= 0.6 is 11.6 Å². The van der Waals surface area contributed by atoms with E-state index in [9.17, 15) is 14.4 Å². The fraction of sp³-hybridized carbons (Fsp3) is 0.0667. The molecular weight excluding hydrogens is 292 g/mol. The topological polar surface area (TPSA) is 67.3 Å². The summed E-state index contributed by atoms with van der Waals surface area (Å²) in [5.74, 6) is -0.722. The normalized spacial score (nSPS) is 13.5. The highest BCUT2D eigenvalue weighted by Gasteiger charge is 2.35. The first-order valence-electron chi connectivity index (χ1n) is 6.19. The maximum atomic E-state index is 12.2. The predicted octanol–water partition coefficient (Wildman–Crippen LogP) is 2.26. The SMILES string of the molecule is O=C(Cl)c1cccc(CN2C(=O)c3ccccc3C2=O)n1. The molecule has 2 amide bonds. The Balaban J connectivity index is 1.90. The Hall–Kier alpha value is -2.53. The Morgan fingerprint density at radius 3 is 2.19 bits per heavy atom. The number of pyridine rings is 1. The largest absolute Gasteiger partial charge is 0.274 e. The van der Waals surface area contributed by atoms with Gasteiger partial charge in [0.15, 0.2) is 0 Å². The van der Waals surface area contributed by atoms with Crippen molar-refractivity contribution in [3.63, 3.8) is 0 Å². The van der Waals surface area contributed by atoms with Gasteiger partial charge in [-0.25, -0.2) is 4.98 Å². The lowest BCUT2D eigenvalue weighted by atomic mass is 10.1. The quantitative estimate of drug-likeness (QED) is 0.644. The molecule has 0 atom stereocenters. The van der Waals surface area contributed by atoms with Crippen LogP contribution in [-0.4, -0.2) is 26.9 Å². The molecule has 104 valence electrons. The zero-order chi connectivity index (χ0) is 15.0. The van der Waals surface area contributed by atoms with Crippen LogP contribution in [0.25, 0.3) is 0 Å². The second-order valence-corrected chi connectivity index (χ2v) is 4.87. The maximum absolute atomic E-state index is 12.2. The Labute approximate surface area is 125 Å². The fourth-order valence-electron chi connectivity index (χ4n) is 2.22. The van der Waals surface area contributed by atoms with Crippen molar-refractivity contribution in [2.75, 3.05) is 0 Å². The van der Waals surface area contributed by atoms with Gasteiger partial charge in [-0.1, -0.05) is 18.2 Å². The van der Waals surface area contributed by atoms with Crippen molar-refractivity contribution in [1.29, 1.82) is 0 Å². The van der Waals surface area contributed by atoms with Crippen LogP contribution in [0.3, 0.4) is 0 Å². The van der Waals surface area contributed by atoms with Crippen LogP contribution in [-0.2, 0) is 6.54 Å². The molecule has 0 unspecified atom stereocenters. The molecule has 0 fully saturated rings. The van der Waals surface area contributed by atoms with E-state index in [1.54, 1.807) is 36.4 Å². The number of halogens is 1. The van der Waals surface area contributed by atoms with Crippen molar-refractivity contribution in [3.8, 4) is 0 Å². The fourth-order valence-corrected chi connectivity index (χ4v) is 2.33. The molecule has 1 aliphatic rings. The predicted molar refractivity (Wildman–Crippen MR) is 75.1 cm³/mol. The lowest BCUT2D eigenvalue weighted by Gasteiger charge is -2.13. The highest BCUT2D eigenvalue weighted by Crippen LogP contribution is 2.23. The van der Waals surface area contributed by atoms with Crippen molar-refractivity contribution in [2.24, 2.45) is 0 Å². The van der Waals surface area contributed by atoms with Gasteiger partial charge in [0, 0.05) is 0 Å². The summed E-state index contributed by atoms with van der Waals surface area (Å²) in [4.78, 5) is 40.7. The molecule has 5 nitrogen and oxygen atoms in total. The molecule has 0 saturated carbocycles. The number of carbonyl (C=O) groups is 3. The summed E-state index contributed by atoms with van der Waals surface area (Å²) in [6.07, 6.45) is 0. The average Bonchev–Trinajstić information content (AvgIpc) is 2.73.